The maximum atomic E-state index is 6.27. The molecular weight excluding hydrogens is 270 g/mol. The largest absolute Gasteiger partial charge is 0.304 e. The highest BCUT2D eigenvalue weighted by Gasteiger charge is 2.22. The number of nitrogens with zero attached hydrogens (tertiary/aromatic N) is 4. The molecule has 2 rings (SSSR count). The maximum Gasteiger partial charge on any atom is 0.0889 e. The van der Waals surface area contributed by atoms with Crippen LogP contribution >= 0.6 is 23.1 Å². The van der Waals surface area contributed by atoms with Gasteiger partial charge in [0, 0.05) is 6.54 Å². The fourth-order valence-corrected chi connectivity index (χ4v) is 2.72. The summed E-state index contributed by atoms with van der Waals surface area (Å²) < 4.78 is 5.87. The average molecular weight is 286 g/mol. The van der Waals surface area contributed by atoms with Gasteiger partial charge in [-0.25, -0.2) is 0 Å². The molecule has 2 aromatic rings. The van der Waals surface area contributed by atoms with Crippen molar-refractivity contribution >= 4 is 23.1 Å². The standard InChI is InChI=1S/C11H16ClN5S/c1-3-5-17-11(8(12)6-15-17)10(13-4-2)9-7-14-16-18-9/h6-7,10,13H,3-5H2,1-2H3. The zero-order chi connectivity index (χ0) is 13.0. The van der Waals surface area contributed by atoms with Gasteiger partial charge in [-0.2, -0.15) is 5.10 Å². The van der Waals surface area contributed by atoms with Crippen LogP contribution in [0.1, 0.15) is 36.9 Å². The summed E-state index contributed by atoms with van der Waals surface area (Å²) in [5.41, 5.74) is 0.992. The van der Waals surface area contributed by atoms with Crippen LogP contribution in [0.5, 0.6) is 0 Å². The second kappa shape index (κ2) is 6.26. The number of hydrogen-bond donors (Lipinski definition) is 1. The van der Waals surface area contributed by atoms with Crippen molar-refractivity contribution in [2.24, 2.45) is 0 Å². The summed E-state index contributed by atoms with van der Waals surface area (Å²) in [6, 6.07) is 0.0107. The molecule has 0 radical (unpaired) electrons. The van der Waals surface area contributed by atoms with Crippen molar-refractivity contribution in [2.45, 2.75) is 32.9 Å². The van der Waals surface area contributed by atoms with E-state index in [0.717, 1.165) is 30.1 Å². The third kappa shape index (κ3) is 2.71. The van der Waals surface area contributed by atoms with E-state index in [9.17, 15) is 0 Å². The summed E-state index contributed by atoms with van der Waals surface area (Å²) in [5.74, 6) is 0. The molecule has 0 amide bonds. The van der Waals surface area contributed by atoms with Crippen LogP contribution in [0.25, 0.3) is 0 Å². The lowest BCUT2D eigenvalue weighted by molar-refractivity contribution is 0.524. The lowest BCUT2D eigenvalue weighted by atomic mass is 10.1. The Bertz CT molecular complexity index is 482. The zero-order valence-electron chi connectivity index (χ0n) is 10.4. The van der Waals surface area contributed by atoms with E-state index in [0.29, 0.717) is 5.02 Å². The third-order valence-corrected chi connectivity index (χ3v) is 3.63. The number of rotatable bonds is 6. The summed E-state index contributed by atoms with van der Waals surface area (Å²) in [5, 5.41) is 12.3. The van der Waals surface area contributed by atoms with Gasteiger partial charge in [0.05, 0.1) is 34.0 Å². The minimum absolute atomic E-state index is 0.0107. The van der Waals surface area contributed by atoms with Gasteiger partial charge in [-0.1, -0.05) is 29.9 Å². The molecule has 0 bridgehead atoms. The van der Waals surface area contributed by atoms with Crippen molar-refractivity contribution in [1.82, 2.24) is 24.7 Å². The molecule has 1 unspecified atom stereocenters. The van der Waals surface area contributed by atoms with Gasteiger partial charge in [-0.3, -0.25) is 4.68 Å². The van der Waals surface area contributed by atoms with Gasteiger partial charge in [-0.15, -0.1) is 5.10 Å². The van der Waals surface area contributed by atoms with E-state index < -0.39 is 0 Å². The van der Waals surface area contributed by atoms with Gasteiger partial charge in [0.25, 0.3) is 0 Å². The summed E-state index contributed by atoms with van der Waals surface area (Å²) in [7, 11) is 0. The summed E-state index contributed by atoms with van der Waals surface area (Å²) in [6.07, 6.45) is 4.49. The molecule has 18 heavy (non-hydrogen) atoms. The first kappa shape index (κ1) is 13.5. The Kier molecular flexibility index (Phi) is 4.68. The van der Waals surface area contributed by atoms with Crippen LogP contribution < -0.4 is 5.32 Å². The number of aryl methyl sites for hydroxylation is 1. The van der Waals surface area contributed by atoms with E-state index >= 15 is 0 Å². The van der Waals surface area contributed by atoms with Gasteiger partial charge in [0.2, 0.25) is 0 Å². The van der Waals surface area contributed by atoms with Crippen molar-refractivity contribution in [2.75, 3.05) is 6.54 Å². The van der Waals surface area contributed by atoms with E-state index in [4.69, 9.17) is 11.6 Å². The minimum Gasteiger partial charge on any atom is -0.304 e. The number of nitrogens with one attached hydrogen (secondary N) is 1. The number of hydrogen-bond acceptors (Lipinski definition) is 5. The molecule has 5 nitrogen and oxygen atoms in total. The average Bonchev–Trinajstić information content (AvgIpc) is 2.98. The quantitative estimate of drug-likeness (QED) is 0.886. The van der Waals surface area contributed by atoms with Crippen LogP contribution in [0.3, 0.4) is 0 Å². The first-order chi connectivity index (χ1) is 8.77. The molecule has 1 N–H and O–H groups in total. The molecule has 0 saturated carbocycles. The smallest absolute Gasteiger partial charge is 0.0889 e. The molecule has 7 heteroatoms. The van der Waals surface area contributed by atoms with Crippen molar-refractivity contribution in [3.63, 3.8) is 0 Å². The Balaban J connectivity index is 2.39. The SMILES string of the molecule is CCCn1ncc(Cl)c1C(NCC)c1cnns1. The van der Waals surface area contributed by atoms with Crippen LogP contribution in [0.2, 0.25) is 5.02 Å². The Labute approximate surface area is 115 Å². The molecule has 2 aromatic heterocycles. The van der Waals surface area contributed by atoms with Gasteiger partial charge < -0.3 is 5.32 Å². The second-order valence-electron chi connectivity index (χ2n) is 3.91. The van der Waals surface area contributed by atoms with Crippen molar-refractivity contribution in [3.8, 4) is 0 Å². The summed E-state index contributed by atoms with van der Waals surface area (Å²) in [4.78, 5) is 1.05. The summed E-state index contributed by atoms with van der Waals surface area (Å²) in [6.45, 7) is 5.89. The van der Waals surface area contributed by atoms with E-state index in [-0.39, 0.29) is 6.04 Å². The van der Waals surface area contributed by atoms with E-state index in [2.05, 4.69) is 33.8 Å². The fraction of sp³-hybridized carbons (Fsp3) is 0.545. The van der Waals surface area contributed by atoms with E-state index in [1.165, 1.54) is 11.5 Å². The van der Waals surface area contributed by atoms with Crippen LogP contribution in [0.15, 0.2) is 12.4 Å². The van der Waals surface area contributed by atoms with Crippen molar-refractivity contribution in [3.05, 3.63) is 28.0 Å². The Morgan fingerprint density at radius 1 is 1.44 bits per heavy atom. The molecule has 0 aliphatic heterocycles. The molecule has 2 heterocycles. The monoisotopic (exact) mass is 285 g/mol. The predicted molar refractivity (Wildman–Crippen MR) is 73.0 cm³/mol. The predicted octanol–water partition coefficient (Wildman–Crippen LogP) is 2.50. The molecule has 0 aliphatic carbocycles. The fourth-order valence-electron chi connectivity index (χ4n) is 1.89. The summed E-state index contributed by atoms with van der Waals surface area (Å²) >= 11 is 7.65. The lowest BCUT2D eigenvalue weighted by Gasteiger charge is -2.17. The topological polar surface area (TPSA) is 55.6 Å². The first-order valence-corrected chi connectivity index (χ1v) is 7.14. The number of halogens is 1. The second-order valence-corrected chi connectivity index (χ2v) is 5.14. The molecule has 0 aliphatic rings. The molecule has 0 spiro atoms. The number of aromatic nitrogens is 4. The molecular formula is C11H16ClN5S. The van der Waals surface area contributed by atoms with Gasteiger partial charge in [0.15, 0.2) is 0 Å². The lowest BCUT2D eigenvalue weighted by Crippen LogP contribution is -2.24. The highest BCUT2D eigenvalue weighted by molar-refractivity contribution is 7.05. The normalized spacial score (nSPS) is 12.8. The minimum atomic E-state index is 0.0107. The molecule has 0 saturated heterocycles. The third-order valence-electron chi connectivity index (χ3n) is 2.61. The van der Waals surface area contributed by atoms with Crippen LogP contribution in [-0.2, 0) is 6.54 Å². The first-order valence-electron chi connectivity index (χ1n) is 5.99. The molecule has 0 aromatic carbocycles. The molecule has 1 atom stereocenters. The highest BCUT2D eigenvalue weighted by atomic mass is 35.5. The Morgan fingerprint density at radius 2 is 2.28 bits per heavy atom. The van der Waals surface area contributed by atoms with Crippen molar-refractivity contribution in [1.29, 1.82) is 0 Å². The molecule has 0 fully saturated rings. The van der Waals surface area contributed by atoms with E-state index in [1.54, 1.807) is 12.4 Å². The highest BCUT2D eigenvalue weighted by Crippen LogP contribution is 2.29. The Morgan fingerprint density at radius 3 is 2.89 bits per heavy atom. The van der Waals surface area contributed by atoms with E-state index in [1.807, 2.05) is 4.68 Å². The van der Waals surface area contributed by atoms with Crippen LogP contribution in [0.4, 0.5) is 0 Å². The van der Waals surface area contributed by atoms with Crippen LogP contribution in [-0.4, -0.2) is 25.9 Å². The maximum absolute atomic E-state index is 6.27. The van der Waals surface area contributed by atoms with Gasteiger partial charge >= 0.3 is 0 Å². The van der Waals surface area contributed by atoms with Crippen molar-refractivity contribution < 1.29 is 0 Å². The van der Waals surface area contributed by atoms with Gasteiger partial charge in [-0.05, 0) is 24.5 Å². The van der Waals surface area contributed by atoms with Gasteiger partial charge in [0.1, 0.15) is 0 Å². The molecule has 98 valence electrons. The zero-order valence-corrected chi connectivity index (χ0v) is 12.0. The van der Waals surface area contributed by atoms with Crippen LogP contribution in [0, 0.1) is 0 Å². The Hall–Kier alpha value is -0.980.